The summed E-state index contributed by atoms with van der Waals surface area (Å²) in [5.74, 6) is 2.04. The number of aromatic nitrogens is 2. The van der Waals surface area contributed by atoms with Crippen molar-refractivity contribution < 1.29 is 0 Å². The number of aryl methyl sites for hydroxylation is 1. The van der Waals surface area contributed by atoms with Crippen molar-refractivity contribution in [3.8, 4) is 0 Å². The van der Waals surface area contributed by atoms with Crippen LogP contribution < -0.4 is 5.32 Å². The van der Waals surface area contributed by atoms with Gasteiger partial charge in [-0.3, -0.25) is 0 Å². The highest BCUT2D eigenvalue weighted by Crippen LogP contribution is 2.31. The standard InChI is InChI=1S/C16H22BrN3/c1-3-11-7-8-18-14(9-11)16-19-13-10-12(17)5-6-15(13)20(16)4-2/h5-6,10-11,14,18H,3-4,7-9H2,1-2H3. The molecule has 0 amide bonds. The smallest absolute Gasteiger partial charge is 0.127 e. The first-order valence-electron chi connectivity index (χ1n) is 7.62. The SMILES string of the molecule is CCC1CCNC(c2nc3cc(Br)ccc3n2CC)C1. The van der Waals surface area contributed by atoms with Crippen LogP contribution in [0, 0.1) is 5.92 Å². The van der Waals surface area contributed by atoms with E-state index in [1.54, 1.807) is 0 Å². The summed E-state index contributed by atoms with van der Waals surface area (Å²) in [5, 5.41) is 3.65. The Balaban J connectivity index is 2.01. The Hall–Kier alpha value is -0.870. The van der Waals surface area contributed by atoms with E-state index in [2.05, 4.69) is 57.9 Å². The molecule has 2 atom stereocenters. The first-order chi connectivity index (χ1) is 9.72. The molecule has 0 radical (unpaired) electrons. The molecule has 20 heavy (non-hydrogen) atoms. The minimum absolute atomic E-state index is 0.403. The molecule has 1 aliphatic rings. The number of hydrogen-bond donors (Lipinski definition) is 1. The minimum Gasteiger partial charge on any atom is -0.327 e. The van der Waals surface area contributed by atoms with Gasteiger partial charge >= 0.3 is 0 Å². The predicted molar refractivity (Wildman–Crippen MR) is 86.9 cm³/mol. The molecule has 2 heterocycles. The lowest BCUT2D eigenvalue weighted by molar-refractivity contribution is 0.287. The van der Waals surface area contributed by atoms with Crippen LogP contribution in [0.2, 0.25) is 0 Å². The third kappa shape index (κ3) is 2.51. The van der Waals surface area contributed by atoms with Gasteiger partial charge in [0.25, 0.3) is 0 Å². The highest BCUT2D eigenvalue weighted by Gasteiger charge is 2.25. The largest absolute Gasteiger partial charge is 0.327 e. The molecule has 1 saturated heterocycles. The maximum Gasteiger partial charge on any atom is 0.127 e. The van der Waals surface area contributed by atoms with E-state index in [9.17, 15) is 0 Å². The number of nitrogens with one attached hydrogen (secondary N) is 1. The summed E-state index contributed by atoms with van der Waals surface area (Å²) >= 11 is 3.54. The maximum absolute atomic E-state index is 4.91. The Morgan fingerprint density at radius 1 is 1.40 bits per heavy atom. The summed E-state index contributed by atoms with van der Waals surface area (Å²) in [4.78, 5) is 4.91. The van der Waals surface area contributed by atoms with Crippen LogP contribution in [-0.4, -0.2) is 16.1 Å². The van der Waals surface area contributed by atoms with Gasteiger partial charge in [-0.1, -0.05) is 29.3 Å². The van der Waals surface area contributed by atoms with Gasteiger partial charge in [-0.05, 0) is 50.4 Å². The summed E-state index contributed by atoms with van der Waals surface area (Å²) in [6, 6.07) is 6.79. The monoisotopic (exact) mass is 335 g/mol. The molecule has 108 valence electrons. The molecular formula is C16H22BrN3. The van der Waals surface area contributed by atoms with E-state index >= 15 is 0 Å². The first kappa shape index (κ1) is 14.1. The van der Waals surface area contributed by atoms with Crippen LogP contribution in [0.15, 0.2) is 22.7 Å². The van der Waals surface area contributed by atoms with E-state index in [1.807, 2.05) is 0 Å². The number of halogens is 1. The molecule has 1 N–H and O–H groups in total. The fraction of sp³-hybridized carbons (Fsp3) is 0.562. The minimum atomic E-state index is 0.403. The van der Waals surface area contributed by atoms with Crippen molar-refractivity contribution in [3.05, 3.63) is 28.5 Å². The number of piperidine rings is 1. The molecule has 4 heteroatoms. The van der Waals surface area contributed by atoms with Gasteiger partial charge in [-0.25, -0.2) is 4.98 Å². The highest BCUT2D eigenvalue weighted by molar-refractivity contribution is 9.10. The van der Waals surface area contributed by atoms with Crippen molar-refractivity contribution in [1.82, 2.24) is 14.9 Å². The Bertz CT molecular complexity index is 605. The average Bonchev–Trinajstić information content (AvgIpc) is 2.84. The fourth-order valence-corrected chi connectivity index (χ4v) is 3.63. The molecule has 0 saturated carbocycles. The number of fused-ring (bicyclic) bond motifs is 1. The zero-order valence-electron chi connectivity index (χ0n) is 12.2. The maximum atomic E-state index is 4.91. The van der Waals surface area contributed by atoms with Gasteiger partial charge in [0, 0.05) is 11.0 Å². The Morgan fingerprint density at radius 2 is 2.25 bits per heavy atom. The van der Waals surface area contributed by atoms with Crippen molar-refractivity contribution in [2.45, 2.75) is 45.7 Å². The normalized spacial score (nSPS) is 23.4. The zero-order valence-corrected chi connectivity index (χ0v) is 13.8. The molecule has 0 bridgehead atoms. The number of nitrogens with zero attached hydrogens (tertiary/aromatic N) is 2. The van der Waals surface area contributed by atoms with Crippen molar-refractivity contribution >= 4 is 27.0 Å². The van der Waals surface area contributed by atoms with Gasteiger partial charge < -0.3 is 9.88 Å². The molecule has 2 unspecified atom stereocenters. The van der Waals surface area contributed by atoms with E-state index in [1.165, 1.54) is 30.6 Å². The van der Waals surface area contributed by atoms with E-state index in [-0.39, 0.29) is 0 Å². The second-order valence-electron chi connectivity index (χ2n) is 5.65. The van der Waals surface area contributed by atoms with E-state index in [0.29, 0.717) is 6.04 Å². The summed E-state index contributed by atoms with van der Waals surface area (Å²) in [6.07, 6.45) is 3.78. The fourth-order valence-electron chi connectivity index (χ4n) is 3.28. The van der Waals surface area contributed by atoms with Crippen LogP contribution in [0.1, 0.15) is 45.0 Å². The third-order valence-electron chi connectivity index (χ3n) is 4.46. The molecular weight excluding hydrogens is 314 g/mol. The van der Waals surface area contributed by atoms with Crippen LogP contribution in [0.3, 0.4) is 0 Å². The number of hydrogen-bond acceptors (Lipinski definition) is 2. The molecule has 1 fully saturated rings. The first-order valence-corrected chi connectivity index (χ1v) is 8.41. The van der Waals surface area contributed by atoms with Crippen LogP contribution >= 0.6 is 15.9 Å². The summed E-state index contributed by atoms with van der Waals surface area (Å²) in [6.45, 7) is 6.59. The lowest BCUT2D eigenvalue weighted by Crippen LogP contribution is -2.33. The molecule has 1 aromatic heterocycles. The third-order valence-corrected chi connectivity index (χ3v) is 4.95. The molecule has 2 aromatic rings. The summed E-state index contributed by atoms with van der Waals surface area (Å²) in [5.41, 5.74) is 2.34. The number of rotatable bonds is 3. The van der Waals surface area contributed by atoms with Crippen LogP contribution in [0.25, 0.3) is 11.0 Å². The molecule has 3 nitrogen and oxygen atoms in total. The second-order valence-corrected chi connectivity index (χ2v) is 6.57. The quantitative estimate of drug-likeness (QED) is 0.907. The number of benzene rings is 1. The molecule has 3 rings (SSSR count). The van der Waals surface area contributed by atoms with Crippen LogP contribution in [0.4, 0.5) is 0 Å². The lowest BCUT2D eigenvalue weighted by atomic mass is 9.90. The lowest BCUT2D eigenvalue weighted by Gasteiger charge is -2.29. The predicted octanol–water partition coefficient (Wildman–Crippen LogP) is 4.27. The van der Waals surface area contributed by atoms with E-state index in [0.717, 1.165) is 29.0 Å². The van der Waals surface area contributed by atoms with Gasteiger partial charge in [-0.15, -0.1) is 0 Å². The molecule has 0 spiro atoms. The molecule has 0 aliphatic carbocycles. The van der Waals surface area contributed by atoms with Gasteiger partial charge in [0.05, 0.1) is 17.1 Å². The van der Waals surface area contributed by atoms with E-state index < -0.39 is 0 Å². The van der Waals surface area contributed by atoms with Crippen molar-refractivity contribution in [1.29, 1.82) is 0 Å². The van der Waals surface area contributed by atoms with Gasteiger partial charge in [0.1, 0.15) is 5.82 Å². The van der Waals surface area contributed by atoms with E-state index in [4.69, 9.17) is 4.98 Å². The van der Waals surface area contributed by atoms with Crippen molar-refractivity contribution in [3.63, 3.8) is 0 Å². The topological polar surface area (TPSA) is 29.9 Å². The highest BCUT2D eigenvalue weighted by atomic mass is 79.9. The summed E-state index contributed by atoms with van der Waals surface area (Å²) < 4.78 is 3.46. The van der Waals surface area contributed by atoms with Crippen molar-refractivity contribution in [2.75, 3.05) is 6.54 Å². The van der Waals surface area contributed by atoms with Crippen molar-refractivity contribution in [2.24, 2.45) is 5.92 Å². The molecule has 1 aromatic carbocycles. The number of imidazole rings is 1. The molecule has 1 aliphatic heterocycles. The Morgan fingerprint density at radius 3 is 3.00 bits per heavy atom. The van der Waals surface area contributed by atoms with Crippen LogP contribution in [-0.2, 0) is 6.54 Å². The van der Waals surface area contributed by atoms with Gasteiger partial charge in [0.2, 0.25) is 0 Å². The van der Waals surface area contributed by atoms with Gasteiger partial charge in [-0.2, -0.15) is 0 Å². The Kier molecular flexibility index (Phi) is 4.13. The van der Waals surface area contributed by atoms with Crippen LogP contribution in [0.5, 0.6) is 0 Å². The second kappa shape index (κ2) is 5.86. The Labute approximate surface area is 128 Å². The zero-order chi connectivity index (χ0) is 14.1. The average molecular weight is 336 g/mol. The van der Waals surface area contributed by atoms with Gasteiger partial charge in [0.15, 0.2) is 0 Å². The summed E-state index contributed by atoms with van der Waals surface area (Å²) in [7, 11) is 0.